The largest absolute Gasteiger partial charge is 0.493 e. The summed E-state index contributed by atoms with van der Waals surface area (Å²) in [6.45, 7) is -0.733. The van der Waals surface area contributed by atoms with Gasteiger partial charge in [-0.15, -0.1) is 0 Å². The van der Waals surface area contributed by atoms with Gasteiger partial charge in [-0.3, -0.25) is 8.37 Å². The summed E-state index contributed by atoms with van der Waals surface area (Å²) in [6.07, 6.45) is 1.26. The highest BCUT2D eigenvalue weighted by Gasteiger charge is 2.65. The lowest BCUT2D eigenvalue weighted by Gasteiger charge is -2.30. The molecule has 15 heteroatoms. The summed E-state index contributed by atoms with van der Waals surface area (Å²) in [5.41, 5.74) is 1.05. The van der Waals surface area contributed by atoms with E-state index in [1.807, 2.05) is 0 Å². The summed E-state index contributed by atoms with van der Waals surface area (Å²) in [7, 11) is -1.80. The molecular formula is C25H30O13S2. The van der Waals surface area contributed by atoms with E-state index < -0.39 is 37.9 Å². The lowest BCUT2D eigenvalue weighted by atomic mass is 9.76. The molecule has 0 N–H and O–H groups in total. The van der Waals surface area contributed by atoms with Crippen LogP contribution in [0.1, 0.15) is 17.2 Å². The molecule has 2 aromatic carbocycles. The van der Waals surface area contributed by atoms with Crippen molar-refractivity contribution in [2.45, 2.75) is 18.1 Å². The van der Waals surface area contributed by atoms with Crippen LogP contribution in [0, 0.1) is 5.92 Å². The van der Waals surface area contributed by atoms with Gasteiger partial charge in [0, 0.05) is 17.0 Å². The molecule has 5 rings (SSSR count). The Hall–Kier alpha value is -2.98. The van der Waals surface area contributed by atoms with Crippen LogP contribution in [0.15, 0.2) is 12.1 Å². The minimum absolute atomic E-state index is 0.0385. The van der Waals surface area contributed by atoms with Crippen molar-refractivity contribution in [2.75, 3.05) is 61.0 Å². The van der Waals surface area contributed by atoms with Gasteiger partial charge in [-0.25, -0.2) is 0 Å². The van der Waals surface area contributed by atoms with Gasteiger partial charge in [-0.2, -0.15) is 16.8 Å². The lowest BCUT2D eigenvalue weighted by molar-refractivity contribution is 0.105. The van der Waals surface area contributed by atoms with E-state index in [4.69, 9.17) is 41.5 Å². The molecular weight excluding hydrogens is 572 g/mol. The van der Waals surface area contributed by atoms with Crippen LogP contribution in [-0.2, 0) is 39.8 Å². The fourth-order valence-electron chi connectivity index (χ4n) is 5.43. The van der Waals surface area contributed by atoms with E-state index in [1.165, 1.54) is 28.4 Å². The Bertz CT molecular complexity index is 1550. The first-order valence-electron chi connectivity index (χ1n) is 12.1. The topological polar surface area (TPSA) is 155 Å². The van der Waals surface area contributed by atoms with E-state index in [2.05, 4.69) is 0 Å². The van der Waals surface area contributed by atoms with Gasteiger partial charge in [-0.05, 0) is 29.7 Å². The molecule has 2 aliphatic heterocycles. The standard InChI is InChI=1S/C25H30O13S2/c1-30-16-8-13-7-14(10-36-39(5,26)27)25(11-37-40(6,28)29)24(38-25)15-9-17-21(35-12-34-17)23(33-4)19(15)18(13)22(32-3)20(16)31-2/h8-9,14,24H,7,10-12H2,1-6H3/t14-,24+,25-/m0/s1. The van der Waals surface area contributed by atoms with Crippen LogP contribution < -0.4 is 28.4 Å². The molecule has 0 spiro atoms. The molecule has 0 radical (unpaired) electrons. The normalized spacial score (nSPS) is 22.8. The lowest BCUT2D eigenvalue weighted by Crippen LogP contribution is -2.37. The molecule has 2 aromatic rings. The first kappa shape index (κ1) is 28.5. The molecule has 1 saturated heterocycles. The van der Waals surface area contributed by atoms with Crippen LogP contribution in [0.2, 0.25) is 0 Å². The second kappa shape index (κ2) is 10.1. The Balaban J connectivity index is 1.82. The van der Waals surface area contributed by atoms with Gasteiger partial charge in [-0.1, -0.05) is 0 Å². The second-order valence-electron chi connectivity index (χ2n) is 9.60. The maximum Gasteiger partial charge on any atom is 0.264 e. The number of hydrogen-bond acceptors (Lipinski definition) is 13. The molecule has 0 saturated carbocycles. The maximum absolute atomic E-state index is 12.0. The van der Waals surface area contributed by atoms with Gasteiger partial charge in [0.15, 0.2) is 23.0 Å². The van der Waals surface area contributed by atoms with E-state index in [0.717, 1.165) is 12.5 Å². The van der Waals surface area contributed by atoms with Crippen molar-refractivity contribution in [3.8, 4) is 45.6 Å². The predicted octanol–water partition coefficient (Wildman–Crippen LogP) is 2.05. The predicted molar refractivity (Wildman–Crippen MR) is 140 cm³/mol. The summed E-state index contributed by atoms with van der Waals surface area (Å²) >= 11 is 0. The summed E-state index contributed by atoms with van der Waals surface area (Å²) in [6, 6.07) is 3.47. The molecule has 1 aliphatic carbocycles. The van der Waals surface area contributed by atoms with Gasteiger partial charge in [0.1, 0.15) is 11.7 Å². The number of benzene rings is 2. The average molecular weight is 603 g/mol. The number of hydrogen-bond donors (Lipinski definition) is 0. The van der Waals surface area contributed by atoms with Crippen molar-refractivity contribution in [3.05, 3.63) is 23.3 Å². The SMILES string of the molecule is COc1cc2c(c(OC)c1OC)-c1c(cc3c(c1OC)OCO3)[C@H]1O[C@@]1(COS(C)(=O)=O)[C@H](COS(C)(=O)=O)C2. The first-order chi connectivity index (χ1) is 18.9. The number of fused-ring (bicyclic) bond motifs is 6. The number of rotatable bonds is 10. The fraction of sp³-hybridized carbons (Fsp3) is 0.520. The highest BCUT2D eigenvalue weighted by Crippen LogP contribution is 2.65. The van der Waals surface area contributed by atoms with Gasteiger partial charge in [0.25, 0.3) is 20.2 Å². The first-order valence-corrected chi connectivity index (χ1v) is 15.7. The van der Waals surface area contributed by atoms with E-state index in [9.17, 15) is 16.8 Å². The highest BCUT2D eigenvalue weighted by atomic mass is 32.2. The Morgan fingerprint density at radius 1 is 0.850 bits per heavy atom. The Kier molecular flexibility index (Phi) is 7.23. The van der Waals surface area contributed by atoms with Gasteiger partial charge in [0.2, 0.25) is 18.3 Å². The third-order valence-electron chi connectivity index (χ3n) is 7.16. The summed E-state index contributed by atoms with van der Waals surface area (Å²) in [4.78, 5) is 0. The zero-order valence-corrected chi connectivity index (χ0v) is 24.4. The van der Waals surface area contributed by atoms with Crippen LogP contribution in [-0.4, -0.2) is 83.4 Å². The Morgan fingerprint density at radius 3 is 2.12 bits per heavy atom. The maximum atomic E-state index is 12.0. The molecule has 0 amide bonds. The second-order valence-corrected chi connectivity index (χ2v) is 12.9. The van der Waals surface area contributed by atoms with Crippen molar-refractivity contribution in [1.29, 1.82) is 0 Å². The van der Waals surface area contributed by atoms with E-state index >= 15 is 0 Å². The summed E-state index contributed by atoms with van der Waals surface area (Å²) in [5.74, 6) is 1.43. The average Bonchev–Trinajstić information content (AvgIpc) is 3.43. The number of ether oxygens (including phenoxy) is 7. The molecule has 3 aliphatic rings. The zero-order valence-electron chi connectivity index (χ0n) is 22.8. The molecule has 40 heavy (non-hydrogen) atoms. The highest BCUT2D eigenvalue weighted by molar-refractivity contribution is 7.86. The number of methoxy groups -OCH3 is 4. The Morgan fingerprint density at radius 2 is 1.52 bits per heavy atom. The molecule has 2 heterocycles. The minimum Gasteiger partial charge on any atom is -0.493 e. The minimum atomic E-state index is -3.88. The Labute approximate surface area is 232 Å². The zero-order chi connectivity index (χ0) is 29.0. The van der Waals surface area contributed by atoms with E-state index in [1.54, 1.807) is 12.1 Å². The van der Waals surface area contributed by atoms with Crippen LogP contribution in [0.3, 0.4) is 0 Å². The molecule has 1 fully saturated rings. The molecule has 0 aromatic heterocycles. The molecule has 13 nitrogen and oxygen atoms in total. The van der Waals surface area contributed by atoms with Crippen LogP contribution in [0.4, 0.5) is 0 Å². The van der Waals surface area contributed by atoms with Crippen LogP contribution >= 0.6 is 0 Å². The van der Waals surface area contributed by atoms with Crippen molar-refractivity contribution < 1.29 is 58.4 Å². The third kappa shape index (κ3) is 4.89. The summed E-state index contributed by atoms with van der Waals surface area (Å²) < 4.78 is 99.2. The quantitative estimate of drug-likeness (QED) is 0.288. The number of epoxide rings is 1. The van der Waals surface area contributed by atoms with Crippen molar-refractivity contribution >= 4 is 20.2 Å². The fourth-order valence-corrected chi connectivity index (χ4v) is 6.24. The molecule has 0 bridgehead atoms. The molecule has 3 atom stereocenters. The van der Waals surface area contributed by atoms with Gasteiger partial charge >= 0.3 is 0 Å². The monoisotopic (exact) mass is 602 g/mol. The molecule has 0 unspecified atom stereocenters. The van der Waals surface area contributed by atoms with Crippen molar-refractivity contribution in [2.24, 2.45) is 5.92 Å². The van der Waals surface area contributed by atoms with E-state index in [0.29, 0.717) is 56.8 Å². The summed E-state index contributed by atoms with van der Waals surface area (Å²) in [5, 5.41) is 0. The van der Waals surface area contributed by atoms with Gasteiger partial charge in [0.05, 0.1) is 54.2 Å². The van der Waals surface area contributed by atoms with Crippen molar-refractivity contribution in [3.63, 3.8) is 0 Å². The van der Waals surface area contributed by atoms with Crippen LogP contribution in [0.5, 0.6) is 34.5 Å². The third-order valence-corrected chi connectivity index (χ3v) is 8.27. The van der Waals surface area contributed by atoms with Crippen LogP contribution in [0.25, 0.3) is 11.1 Å². The van der Waals surface area contributed by atoms with Crippen molar-refractivity contribution in [1.82, 2.24) is 0 Å². The molecule has 220 valence electrons. The van der Waals surface area contributed by atoms with E-state index in [-0.39, 0.29) is 26.4 Å². The smallest absolute Gasteiger partial charge is 0.264 e. The van der Waals surface area contributed by atoms with Gasteiger partial charge < -0.3 is 33.2 Å².